The Morgan fingerprint density at radius 3 is 2.92 bits per heavy atom. The maximum Gasteiger partial charge on any atom is 0.274 e. The van der Waals surface area contributed by atoms with Crippen LogP contribution in [0.1, 0.15) is 28.5 Å². The SMILES string of the molecule is CCN(Cc1ccc2c(c1)OCO2)C(=O)c1cn2ccc(C)cc2n1. The van der Waals surface area contributed by atoms with Crippen LogP contribution in [0, 0.1) is 6.92 Å². The zero-order valence-electron chi connectivity index (χ0n) is 14.2. The monoisotopic (exact) mass is 337 g/mol. The van der Waals surface area contributed by atoms with Crippen LogP contribution < -0.4 is 9.47 Å². The third kappa shape index (κ3) is 2.91. The zero-order valence-corrected chi connectivity index (χ0v) is 14.2. The molecule has 4 rings (SSSR count). The van der Waals surface area contributed by atoms with Crippen molar-refractivity contribution in [2.45, 2.75) is 20.4 Å². The second-order valence-corrected chi connectivity index (χ2v) is 6.10. The number of carbonyl (C=O) groups is 1. The van der Waals surface area contributed by atoms with E-state index in [2.05, 4.69) is 4.98 Å². The summed E-state index contributed by atoms with van der Waals surface area (Å²) in [6.45, 7) is 5.31. The molecule has 0 radical (unpaired) electrons. The Bertz CT molecular complexity index is 948. The molecule has 3 aromatic rings. The zero-order chi connectivity index (χ0) is 17.4. The van der Waals surface area contributed by atoms with Crippen molar-refractivity contribution in [3.05, 3.63) is 59.5 Å². The van der Waals surface area contributed by atoms with Crippen molar-refractivity contribution >= 4 is 11.6 Å². The van der Waals surface area contributed by atoms with Crippen molar-refractivity contribution in [3.8, 4) is 11.5 Å². The molecule has 0 unspecified atom stereocenters. The van der Waals surface area contributed by atoms with Gasteiger partial charge in [0.15, 0.2) is 11.5 Å². The number of amides is 1. The van der Waals surface area contributed by atoms with Gasteiger partial charge in [0.1, 0.15) is 11.3 Å². The molecule has 1 aliphatic heterocycles. The normalized spacial score (nSPS) is 12.6. The molecule has 0 N–H and O–H groups in total. The lowest BCUT2D eigenvalue weighted by atomic mass is 10.2. The van der Waals surface area contributed by atoms with E-state index in [0.29, 0.717) is 18.8 Å². The highest BCUT2D eigenvalue weighted by atomic mass is 16.7. The molecular weight excluding hydrogens is 318 g/mol. The van der Waals surface area contributed by atoms with Gasteiger partial charge >= 0.3 is 0 Å². The number of aromatic nitrogens is 2. The van der Waals surface area contributed by atoms with Gasteiger partial charge in [-0.15, -0.1) is 0 Å². The van der Waals surface area contributed by atoms with E-state index in [1.54, 1.807) is 11.1 Å². The highest BCUT2D eigenvalue weighted by Crippen LogP contribution is 2.32. The van der Waals surface area contributed by atoms with Crippen LogP contribution in [-0.4, -0.2) is 33.5 Å². The highest BCUT2D eigenvalue weighted by Gasteiger charge is 2.20. The van der Waals surface area contributed by atoms with Gasteiger partial charge in [0.25, 0.3) is 5.91 Å². The summed E-state index contributed by atoms with van der Waals surface area (Å²) in [5.41, 5.74) is 3.35. The van der Waals surface area contributed by atoms with Gasteiger partial charge in [-0.1, -0.05) is 6.07 Å². The summed E-state index contributed by atoms with van der Waals surface area (Å²) in [5.74, 6) is 1.39. The van der Waals surface area contributed by atoms with Crippen LogP contribution >= 0.6 is 0 Å². The molecule has 0 bridgehead atoms. The van der Waals surface area contributed by atoms with Crippen molar-refractivity contribution in [3.63, 3.8) is 0 Å². The number of carbonyl (C=O) groups excluding carboxylic acids is 1. The molecule has 25 heavy (non-hydrogen) atoms. The molecule has 1 aromatic carbocycles. The van der Waals surface area contributed by atoms with Gasteiger partial charge in [0, 0.05) is 25.5 Å². The van der Waals surface area contributed by atoms with E-state index in [9.17, 15) is 4.79 Å². The first-order chi connectivity index (χ1) is 12.1. The number of hydrogen-bond donors (Lipinski definition) is 0. The quantitative estimate of drug-likeness (QED) is 0.734. The minimum atomic E-state index is -0.0819. The van der Waals surface area contributed by atoms with Crippen LogP contribution in [0.25, 0.3) is 5.65 Å². The van der Waals surface area contributed by atoms with E-state index in [1.807, 2.05) is 54.8 Å². The molecule has 1 aliphatic rings. The second kappa shape index (κ2) is 6.12. The van der Waals surface area contributed by atoms with Crippen LogP contribution in [-0.2, 0) is 6.54 Å². The first-order valence-corrected chi connectivity index (χ1v) is 8.27. The maximum absolute atomic E-state index is 12.9. The lowest BCUT2D eigenvalue weighted by molar-refractivity contribution is 0.0747. The lowest BCUT2D eigenvalue weighted by Crippen LogP contribution is -2.30. The Balaban J connectivity index is 1.57. The van der Waals surface area contributed by atoms with Crippen LogP contribution in [0.4, 0.5) is 0 Å². The van der Waals surface area contributed by atoms with E-state index in [4.69, 9.17) is 9.47 Å². The predicted molar refractivity (Wildman–Crippen MR) is 92.9 cm³/mol. The number of imidazole rings is 1. The fourth-order valence-corrected chi connectivity index (χ4v) is 2.94. The fourth-order valence-electron chi connectivity index (χ4n) is 2.94. The maximum atomic E-state index is 12.9. The number of pyridine rings is 1. The van der Waals surface area contributed by atoms with Gasteiger partial charge in [-0.3, -0.25) is 4.79 Å². The third-order valence-corrected chi connectivity index (χ3v) is 4.31. The van der Waals surface area contributed by atoms with Gasteiger partial charge in [-0.25, -0.2) is 4.98 Å². The van der Waals surface area contributed by atoms with Crippen LogP contribution in [0.3, 0.4) is 0 Å². The Hall–Kier alpha value is -3.02. The summed E-state index contributed by atoms with van der Waals surface area (Å²) in [5, 5.41) is 0. The average Bonchev–Trinajstić information content (AvgIpc) is 3.24. The molecule has 0 fully saturated rings. The Labute approximate surface area is 145 Å². The number of fused-ring (bicyclic) bond motifs is 2. The first kappa shape index (κ1) is 15.5. The summed E-state index contributed by atoms with van der Waals surface area (Å²) in [6.07, 6.45) is 3.70. The van der Waals surface area contributed by atoms with E-state index in [-0.39, 0.29) is 12.7 Å². The Kier molecular flexibility index (Phi) is 3.80. The molecule has 0 aliphatic carbocycles. The Morgan fingerprint density at radius 1 is 1.24 bits per heavy atom. The van der Waals surface area contributed by atoms with E-state index in [1.165, 1.54) is 0 Å². The summed E-state index contributed by atoms with van der Waals surface area (Å²) in [7, 11) is 0. The van der Waals surface area contributed by atoms with Gasteiger partial charge in [0.05, 0.1) is 0 Å². The molecule has 6 heteroatoms. The number of rotatable bonds is 4. The number of benzene rings is 1. The van der Waals surface area contributed by atoms with Gasteiger partial charge in [0.2, 0.25) is 6.79 Å². The number of ether oxygens (including phenoxy) is 2. The summed E-state index contributed by atoms with van der Waals surface area (Å²) < 4.78 is 12.6. The summed E-state index contributed by atoms with van der Waals surface area (Å²) >= 11 is 0. The largest absolute Gasteiger partial charge is 0.454 e. The molecule has 0 saturated carbocycles. The van der Waals surface area contributed by atoms with Crippen molar-refractivity contribution in [1.82, 2.24) is 14.3 Å². The average molecular weight is 337 g/mol. The molecule has 1 amide bonds. The molecule has 0 saturated heterocycles. The molecule has 0 atom stereocenters. The Morgan fingerprint density at radius 2 is 2.08 bits per heavy atom. The minimum absolute atomic E-state index is 0.0819. The molecule has 2 aromatic heterocycles. The molecule has 0 spiro atoms. The molecule has 128 valence electrons. The van der Waals surface area contributed by atoms with Crippen LogP contribution in [0.5, 0.6) is 11.5 Å². The van der Waals surface area contributed by atoms with Gasteiger partial charge in [-0.2, -0.15) is 0 Å². The topological polar surface area (TPSA) is 56.1 Å². The lowest BCUT2D eigenvalue weighted by Gasteiger charge is -2.20. The van der Waals surface area contributed by atoms with Gasteiger partial charge < -0.3 is 18.8 Å². The molecular formula is C19H19N3O3. The van der Waals surface area contributed by atoms with Crippen molar-refractivity contribution < 1.29 is 14.3 Å². The van der Waals surface area contributed by atoms with Gasteiger partial charge in [-0.05, 0) is 49.2 Å². The first-order valence-electron chi connectivity index (χ1n) is 8.27. The van der Waals surface area contributed by atoms with Crippen molar-refractivity contribution in [2.24, 2.45) is 0 Å². The highest BCUT2D eigenvalue weighted by molar-refractivity contribution is 5.92. The van der Waals surface area contributed by atoms with E-state index < -0.39 is 0 Å². The minimum Gasteiger partial charge on any atom is -0.454 e. The molecule has 6 nitrogen and oxygen atoms in total. The number of aryl methyl sites for hydroxylation is 1. The fraction of sp³-hybridized carbons (Fsp3) is 0.263. The van der Waals surface area contributed by atoms with Crippen LogP contribution in [0.15, 0.2) is 42.7 Å². The van der Waals surface area contributed by atoms with Crippen molar-refractivity contribution in [1.29, 1.82) is 0 Å². The predicted octanol–water partition coefficient (Wildman–Crippen LogP) is 3.03. The van der Waals surface area contributed by atoms with Crippen LogP contribution in [0.2, 0.25) is 0 Å². The number of hydrogen-bond acceptors (Lipinski definition) is 4. The summed E-state index contributed by atoms with van der Waals surface area (Å²) in [6, 6.07) is 9.71. The standard InChI is InChI=1S/C19H19N3O3/c1-3-21(10-14-4-5-16-17(9-14)25-12-24-16)19(23)15-11-22-7-6-13(2)8-18(22)20-15/h4-9,11H,3,10,12H2,1-2H3. The van der Waals surface area contributed by atoms with Crippen molar-refractivity contribution in [2.75, 3.05) is 13.3 Å². The smallest absolute Gasteiger partial charge is 0.274 e. The second-order valence-electron chi connectivity index (χ2n) is 6.10. The molecule has 3 heterocycles. The third-order valence-electron chi connectivity index (χ3n) is 4.31. The van der Waals surface area contributed by atoms with E-state index in [0.717, 1.165) is 28.3 Å². The summed E-state index contributed by atoms with van der Waals surface area (Å²) in [4.78, 5) is 19.1. The van der Waals surface area contributed by atoms with E-state index >= 15 is 0 Å². The number of nitrogens with zero attached hydrogens (tertiary/aromatic N) is 3.